The van der Waals surface area contributed by atoms with E-state index in [1.54, 1.807) is 36.4 Å². The molecule has 0 radical (unpaired) electrons. The second-order valence-corrected chi connectivity index (χ2v) is 31.7. The van der Waals surface area contributed by atoms with Gasteiger partial charge in [-0.05, 0) is 153 Å². The molecule has 9 atom stereocenters. The molecule has 0 spiro atoms. The van der Waals surface area contributed by atoms with Crippen LogP contribution in [0.15, 0.2) is 110 Å². The third-order valence-electron chi connectivity index (χ3n) is 21.5. The number of hydrogen-bond acceptors (Lipinski definition) is 20. The second-order valence-electron chi connectivity index (χ2n) is 28.5. The van der Waals surface area contributed by atoms with Gasteiger partial charge in [0.15, 0.2) is 29.1 Å². The monoisotopic (exact) mass is 1790 g/mol. The molecular weight excluding hydrogens is 1720 g/mol. The van der Waals surface area contributed by atoms with Crippen molar-refractivity contribution in [1.82, 2.24) is 35.7 Å². The molecule has 18 rings (SSSR count). The molecule has 2 N–H and O–H groups in total. The number of nitrogens with zero attached hydrogens (tertiary/aromatic N) is 8. The highest BCUT2D eigenvalue weighted by molar-refractivity contribution is 14.0. The van der Waals surface area contributed by atoms with Crippen LogP contribution < -0.4 is 15.1 Å². The maximum atomic E-state index is 14.8. The van der Waals surface area contributed by atoms with Gasteiger partial charge >= 0.3 is 17.9 Å². The number of aromatic carboxylic acids is 1. The van der Waals surface area contributed by atoms with Gasteiger partial charge in [-0.25, -0.2) is 42.5 Å². The van der Waals surface area contributed by atoms with Crippen molar-refractivity contribution in [2.24, 2.45) is 17.8 Å². The third kappa shape index (κ3) is 17.0. The van der Waals surface area contributed by atoms with E-state index in [1.807, 2.05) is 28.0 Å². The lowest BCUT2D eigenvalue weighted by Crippen LogP contribution is -2.39. The highest BCUT2D eigenvalue weighted by atomic mass is 127. The standard InChI is InChI=1S/C26H24Cl2FN3O4.C25H22Cl2FN3O4.C19H20Cl2N2O2.C7H5BrFNO2.HI/c1-34-26(33)14-8-20(29)25(30-10-14)32-11-15-7-16(32)9-21(15)35-12-17-23(31-36-24(17)13-5-6-13)22-18(27)3-2-4-19(22)28;26-17-2-1-3-18(27)21(17)22-16(23(35-30-22)12-4-5-12)11-34-20-8-15-6-14(20)10-31(15)24-19(28)7-13(9-29-24)25(32)33;20-14-2-1-3-15(21)17(14)18-13(19(25-23-18)10-4-5-10)9-24-16-7-12-6-11(16)8-22-12;1-12-7(11)4-2-5(9)6(8)10-3-4;/h2-4,8,10,13,15-16,21H,5-7,9,11-12H2,1H3;1-3,7,9,12,14-15,20H,4-6,8,10-11H2,(H,32,33);1-3,10-12,16,22H,4-9H2;2-3H,1H3;1H/t15-,16-,21+;14-,15-,20+;11-,12-,16+;;/m000../s1. The number of carboxylic acid groups (broad SMARTS) is 1. The van der Waals surface area contributed by atoms with Crippen LogP contribution in [-0.2, 0) is 43.5 Å². The van der Waals surface area contributed by atoms with Gasteiger partial charge in [-0.15, -0.1) is 24.0 Å². The summed E-state index contributed by atoms with van der Waals surface area (Å²) in [5.74, 6) is 1.21. The van der Waals surface area contributed by atoms with Crippen LogP contribution in [0.2, 0.25) is 30.1 Å². The van der Waals surface area contributed by atoms with E-state index < -0.39 is 35.4 Å². The number of aromatic nitrogens is 6. The van der Waals surface area contributed by atoms with Crippen LogP contribution >= 0.6 is 110 Å². The Morgan fingerprint density at radius 3 is 1.18 bits per heavy atom. The summed E-state index contributed by atoms with van der Waals surface area (Å²) in [6.07, 6.45) is 16.3. The van der Waals surface area contributed by atoms with Crippen molar-refractivity contribution in [3.8, 4) is 33.8 Å². The summed E-state index contributed by atoms with van der Waals surface area (Å²) in [7, 11) is 2.48. The normalized spacial score (nSPS) is 22.5. The lowest BCUT2D eigenvalue weighted by Gasteiger charge is -2.32. The highest BCUT2D eigenvalue weighted by Gasteiger charge is 2.49. The molecule has 6 bridgehead atoms. The van der Waals surface area contributed by atoms with Gasteiger partial charge in [0.25, 0.3) is 0 Å². The fraction of sp³-hybridized carbons (Fsp3) is 0.416. The van der Waals surface area contributed by atoms with Crippen molar-refractivity contribution in [1.29, 1.82) is 0 Å². The van der Waals surface area contributed by atoms with Crippen LogP contribution in [0.5, 0.6) is 0 Å². The summed E-state index contributed by atoms with van der Waals surface area (Å²) < 4.78 is 87.5. The molecule has 6 aromatic heterocycles. The molecule has 9 aliphatic rings. The van der Waals surface area contributed by atoms with Gasteiger partial charge in [-0.3, -0.25) is 0 Å². The molecule has 9 fully saturated rings. The number of hydrogen-bond donors (Lipinski definition) is 2. The van der Waals surface area contributed by atoms with Crippen molar-refractivity contribution in [2.45, 2.75) is 151 Å². The molecule has 32 heteroatoms. The Balaban J connectivity index is 0.000000128. The van der Waals surface area contributed by atoms with Crippen LogP contribution in [0.25, 0.3) is 33.8 Å². The van der Waals surface area contributed by atoms with E-state index >= 15 is 0 Å². The second kappa shape index (κ2) is 34.0. The molecule has 9 aromatic rings. The van der Waals surface area contributed by atoms with E-state index in [0.717, 1.165) is 135 Å². The number of carbonyl (C=O) groups is 3. The smallest absolute Gasteiger partial charge is 0.339 e. The van der Waals surface area contributed by atoms with Crippen LogP contribution in [0.4, 0.5) is 24.8 Å². The average molecular weight is 1790 g/mol. The number of carboxylic acids is 1. The third-order valence-corrected chi connectivity index (χ3v) is 24.0. The number of benzene rings is 3. The maximum Gasteiger partial charge on any atom is 0.339 e. The Morgan fingerprint density at radius 2 is 0.872 bits per heavy atom. The molecule has 6 aliphatic carbocycles. The number of carbonyl (C=O) groups excluding carboxylic acids is 2. The van der Waals surface area contributed by atoms with Gasteiger partial charge in [0.2, 0.25) is 0 Å². The largest absolute Gasteiger partial charge is 0.478 e. The van der Waals surface area contributed by atoms with Gasteiger partial charge in [-0.1, -0.05) is 103 Å². The van der Waals surface area contributed by atoms with Gasteiger partial charge in [0, 0.05) is 119 Å². The van der Waals surface area contributed by atoms with Gasteiger partial charge < -0.3 is 57.5 Å². The summed E-state index contributed by atoms with van der Waals surface area (Å²) in [6, 6.07) is 20.3. The molecule has 0 amide bonds. The predicted octanol–water partition coefficient (Wildman–Crippen LogP) is 19.2. The van der Waals surface area contributed by atoms with Crippen LogP contribution in [0.3, 0.4) is 0 Å². The summed E-state index contributed by atoms with van der Waals surface area (Å²) in [6.45, 7) is 3.51. The summed E-state index contributed by atoms with van der Waals surface area (Å²) in [5, 5.41) is 28.8. The molecule has 21 nitrogen and oxygen atoms in total. The van der Waals surface area contributed by atoms with E-state index in [9.17, 15) is 27.6 Å². The number of ether oxygens (including phenoxy) is 5. The highest BCUT2D eigenvalue weighted by Crippen LogP contribution is 2.52. The molecule has 0 unspecified atom stereocenters. The van der Waals surface area contributed by atoms with Crippen LogP contribution in [0.1, 0.15) is 160 Å². The SMILES string of the molecule is COC(=O)c1cnc(Br)c(F)c1.COC(=O)c1cnc(N2C[C@@H]3C[C@H]2C[C@H]3OCc2c(-c3c(Cl)cccc3Cl)noc2C2CC2)c(F)c1.Clc1cccc(Cl)c1-c1noc(C2CC2)c1CO[C@@H]1C[C@@H]2C[C@H]1CN2.I.O=C(O)c1cnc(N2C[C@@H]3C[C@H]2C[C@H]3OCc2c(-c3c(Cl)cccc3Cl)noc2C2CC2)c(F)c1. The number of fused-ring (bicyclic) bond motifs is 6. The van der Waals surface area contributed by atoms with E-state index in [2.05, 4.69) is 61.1 Å². The minimum Gasteiger partial charge on any atom is -0.478 e. The van der Waals surface area contributed by atoms with Crippen molar-refractivity contribution in [3.05, 3.63) is 194 Å². The van der Waals surface area contributed by atoms with Gasteiger partial charge in [0.1, 0.15) is 39.0 Å². The number of piperidine rings is 3. The molecule has 574 valence electrons. The Kier molecular flexibility index (Phi) is 24.6. The zero-order chi connectivity index (χ0) is 75.3. The zero-order valence-corrected chi connectivity index (χ0v) is 67.0. The van der Waals surface area contributed by atoms with Gasteiger partial charge in [-0.2, -0.15) is 0 Å². The van der Waals surface area contributed by atoms with E-state index in [4.69, 9.17) is 102 Å². The van der Waals surface area contributed by atoms with Gasteiger partial charge in [0.05, 0.1) is 99.2 Å². The zero-order valence-electron chi connectivity index (χ0n) is 58.5. The number of esters is 2. The van der Waals surface area contributed by atoms with Crippen molar-refractivity contribution in [2.75, 3.05) is 43.7 Å². The molecule has 3 aromatic carbocycles. The first-order valence-corrected chi connectivity index (χ1v) is 38.7. The van der Waals surface area contributed by atoms with E-state index in [-0.39, 0.29) is 93.0 Å². The summed E-state index contributed by atoms with van der Waals surface area (Å²) >= 11 is 41.5. The lowest BCUT2D eigenvalue weighted by atomic mass is 10.0. The summed E-state index contributed by atoms with van der Waals surface area (Å²) in [4.78, 5) is 49.4. The summed E-state index contributed by atoms with van der Waals surface area (Å²) in [5.41, 5.74) is 6.88. The van der Waals surface area contributed by atoms with Crippen molar-refractivity contribution < 1.29 is 69.9 Å². The quantitative estimate of drug-likeness (QED) is 0.0408. The number of nitrogens with one attached hydrogen (secondary N) is 1. The maximum absolute atomic E-state index is 14.8. The number of rotatable bonds is 20. The fourth-order valence-electron chi connectivity index (χ4n) is 15.7. The minimum atomic E-state index is -1.20. The Hall–Kier alpha value is -6.67. The first-order chi connectivity index (χ1) is 52.2. The minimum absolute atomic E-state index is 0. The average Bonchev–Trinajstić information content (AvgIpc) is 1.63. The molecule has 109 heavy (non-hydrogen) atoms. The lowest BCUT2D eigenvalue weighted by molar-refractivity contribution is 0.00912. The topological polar surface area (TPSA) is 253 Å². The van der Waals surface area contributed by atoms with Crippen molar-refractivity contribution >= 4 is 139 Å². The number of pyridine rings is 3. The Bertz CT molecular complexity index is 4840. The van der Waals surface area contributed by atoms with Crippen molar-refractivity contribution in [3.63, 3.8) is 0 Å². The van der Waals surface area contributed by atoms with E-state index in [0.29, 0.717) is 121 Å². The Morgan fingerprint density at radius 1 is 0.514 bits per heavy atom. The molecule has 3 aliphatic heterocycles. The molecule has 6 saturated carbocycles. The number of methoxy groups -OCH3 is 2. The predicted molar refractivity (Wildman–Crippen MR) is 415 cm³/mol. The molecular formula is C77H72BrCl6F3IN9O12. The molecule has 3 saturated heterocycles. The van der Waals surface area contributed by atoms with Crippen LogP contribution in [-0.4, -0.2) is 124 Å². The van der Waals surface area contributed by atoms with E-state index in [1.165, 1.54) is 45.3 Å². The fourth-order valence-corrected chi connectivity index (χ4v) is 17.7. The van der Waals surface area contributed by atoms with Crippen LogP contribution in [0, 0.1) is 35.2 Å². The molecule has 9 heterocycles. The number of halogens is 11. The number of anilines is 2. The first kappa shape index (κ1) is 79.0. The Labute approximate surface area is 679 Å². The first-order valence-electron chi connectivity index (χ1n) is 35.6.